The van der Waals surface area contributed by atoms with Gasteiger partial charge < -0.3 is 9.08 Å². The highest BCUT2D eigenvalue weighted by Gasteiger charge is 2.15. The van der Waals surface area contributed by atoms with Gasteiger partial charge in [-0.05, 0) is 20.8 Å². The standard InChI is InChI=1S/C7H12N2O3S/c1-4-9(13(10)11)7-5(2)8-12-6(7)3/h4H2,1-3H3,(H,10,11)/p-1. The van der Waals surface area contributed by atoms with Crippen LogP contribution in [-0.4, -0.2) is 20.5 Å². The molecule has 0 aliphatic carbocycles. The molecule has 1 heterocycles. The molecule has 6 heteroatoms. The Morgan fingerprint density at radius 2 is 2.23 bits per heavy atom. The molecule has 1 aromatic rings. The van der Waals surface area contributed by atoms with Crippen molar-refractivity contribution in [3.63, 3.8) is 0 Å². The van der Waals surface area contributed by atoms with Crippen LogP contribution in [0.15, 0.2) is 4.52 Å². The lowest BCUT2D eigenvalue weighted by molar-refractivity contribution is 0.393. The van der Waals surface area contributed by atoms with E-state index in [1.54, 1.807) is 20.8 Å². The first kappa shape index (κ1) is 10.2. The van der Waals surface area contributed by atoms with Crippen molar-refractivity contribution in [1.29, 1.82) is 0 Å². The molecule has 0 aliphatic rings. The van der Waals surface area contributed by atoms with Crippen LogP contribution in [0.2, 0.25) is 0 Å². The predicted molar refractivity (Wildman–Crippen MR) is 47.9 cm³/mol. The molecule has 74 valence electrons. The normalized spacial score (nSPS) is 12.9. The van der Waals surface area contributed by atoms with Crippen molar-refractivity contribution >= 4 is 17.0 Å². The Labute approximate surface area is 79.1 Å². The molecule has 0 N–H and O–H groups in total. The minimum atomic E-state index is -2.27. The Kier molecular flexibility index (Phi) is 3.05. The molecule has 0 aliphatic heterocycles. The Balaban J connectivity index is 3.10. The van der Waals surface area contributed by atoms with Crippen molar-refractivity contribution in [2.75, 3.05) is 10.8 Å². The zero-order chi connectivity index (χ0) is 10.0. The zero-order valence-electron chi connectivity index (χ0n) is 7.73. The van der Waals surface area contributed by atoms with Crippen LogP contribution >= 0.6 is 0 Å². The van der Waals surface area contributed by atoms with Gasteiger partial charge in [-0.1, -0.05) is 5.16 Å². The lowest BCUT2D eigenvalue weighted by atomic mass is 10.3. The van der Waals surface area contributed by atoms with Crippen molar-refractivity contribution in [2.24, 2.45) is 0 Å². The Bertz CT molecular complexity index is 304. The smallest absolute Gasteiger partial charge is 0.158 e. The van der Waals surface area contributed by atoms with Gasteiger partial charge in [0.2, 0.25) is 0 Å². The topological polar surface area (TPSA) is 69.4 Å². The molecule has 0 bridgehead atoms. The second kappa shape index (κ2) is 3.89. The van der Waals surface area contributed by atoms with E-state index in [2.05, 4.69) is 5.16 Å². The zero-order valence-corrected chi connectivity index (χ0v) is 8.55. The quantitative estimate of drug-likeness (QED) is 0.685. The van der Waals surface area contributed by atoms with E-state index >= 15 is 0 Å². The minimum absolute atomic E-state index is 0.374. The summed E-state index contributed by atoms with van der Waals surface area (Å²) in [6, 6.07) is 0. The predicted octanol–water partition coefficient (Wildman–Crippen LogP) is 0.912. The highest BCUT2D eigenvalue weighted by molar-refractivity contribution is 7.80. The second-order valence-corrected chi connectivity index (χ2v) is 3.46. The van der Waals surface area contributed by atoms with Gasteiger partial charge in [-0.25, -0.2) is 0 Å². The Hall–Kier alpha value is -0.880. The summed E-state index contributed by atoms with van der Waals surface area (Å²) >= 11 is -2.27. The largest absolute Gasteiger partial charge is 0.755 e. The van der Waals surface area contributed by atoms with Crippen molar-refractivity contribution in [2.45, 2.75) is 20.8 Å². The maximum atomic E-state index is 10.8. The summed E-state index contributed by atoms with van der Waals surface area (Å²) in [6.45, 7) is 5.52. The SMILES string of the molecule is CCN(c1c(C)noc1C)S(=O)[O-]. The maximum Gasteiger partial charge on any atom is 0.158 e. The van der Waals surface area contributed by atoms with Gasteiger partial charge in [0, 0.05) is 17.8 Å². The molecule has 0 saturated carbocycles. The van der Waals surface area contributed by atoms with Crippen molar-refractivity contribution < 1.29 is 13.3 Å². The molecule has 0 spiro atoms. The van der Waals surface area contributed by atoms with Crippen LogP contribution in [0.5, 0.6) is 0 Å². The summed E-state index contributed by atoms with van der Waals surface area (Å²) in [5, 5.41) is 3.68. The number of hydrogen-bond acceptors (Lipinski definition) is 4. The van der Waals surface area contributed by atoms with E-state index in [0.717, 1.165) is 0 Å². The van der Waals surface area contributed by atoms with Crippen LogP contribution in [-0.2, 0) is 11.3 Å². The molecule has 1 rings (SSSR count). The number of nitrogens with zero attached hydrogens (tertiary/aromatic N) is 2. The Morgan fingerprint density at radius 1 is 1.62 bits per heavy atom. The van der Waals surface area contributed by atoms with E-state index in [0.29, 0.717) is 23.7 Å². The van der Waals surface area contributed by atoms with E-state index in [4.69, 9.17) is 4.52 Å². The van der Waals surface area contributed by atoms with Gasteiger partial charge >= 0.3 is 0 Å². The lowest BCUT2D eigenvalue weighted by Crippen LogP contribution is -2.25. The van der Waals surface area contributed by atoms with Crippen molar-refractivity contribution in [1.82, 2.24) is 5.16 Å². The molecule has 0 fully saturated rings. The summed E-state index contributed by atoms with van der Waals surface area (Å²) in [7, 11) is 0. The van der Waals surface area contributed by atoms with Crippen LogP contribution in [0.1, 0.15) is 18.4 Å². The molecule has 13 heavy (non-hydrogen) atoms. The molecule has 0 saturated heterocycles. The van der Waals surface area contributed by atoms with Gasteiger partial charge in [-0.3, -0.25) is 8.51 Å². The molecule has 1 atom stereocenters. The molecular weight excluding hydrogens is 192 g/mol. The highest BCUT2D eigenvalue weighted by atomic mass is 32.2. The van der Waals surface area contributed by atoms with Gasteiger partial charge in [0.05, 0.1) is 0 Å². The number of hydrogen-bond donors (Lipinski definition) is 0. The van der Waals surface area contributed by atoms with Gasteiger partial charge in [-0.2, -0.15) is 0 Å². The molecular formula is C7H11N2O3S-. The number of aryl methyl sites for hydroxylation is 2. The summed E-state index contributed by atoms with van der Waals surface area (Å²) in [5.74, 6) is 0.517. The van der Waals surface area contributed by atoms with E-state index in [-0.39, 0.29) is 0 Å². The summed E-state index contributed by atoms with van der Waals surface area (Å²) in [6.07, 6.45) is 0. The minimum Gasteiger partial charge on any atom is -0.755 e. The highest BCUT2D eigenvalue weighted by Crippen LogP contribution is 2.24. The molecule has 0 radical (unpaired) electrons. The van der Waals surface area contributed by atoms with Crippen LogP contribution in [0.4, 0.5) is 5.69 Å². The van der Waals surface area contributed by atoms with Crippen LogP contribution in [0, 0.1) is 13.8 Å². The van der Waals surface area contributed by atoms with E-state index in [1.807, 2.05) is 0 Å². The first-order valence-corrected chi connectivity index (χ1v) is 4.90. The fraction of sp³-hybridized carbons (Fsp3) is 0.571. The maximum absolute atomic E-state index is 10.8. The van der Waals surface area contributed by atoms with Crippen molar-refractivity contribution in [3.8, 4) is 0 Å². The third-order valence-corrected chi connectivity index (χ3v) is 2.51. The van der Waals surface area contributed by atoms with E-state index in [1.165, 1.54) is 4.31 Å². The third kappa shape index (κ3) is 1.89. The van der Waals surface area contributed by atoms with Gasteiger partial charge in [-0.15, -0.1) is 0 Å². The van der Waals surface area contributed by atoms with Gasteiger partial charge in [0.25, 0.3) is 0 Å². The van der Waals surface area contributed by atoms with Crippen LogP contribution in [0.3, 0.4) is 0 Å². The fourth-order valence-corrected chi connectivity index (χ4v) is 1.79. The van der Waals surface area contributed by atoms with Crippen LogP contribution in [0.25, 0.3) is 0 Å². The number of anilines is 1. The summed E-state index contributed by atoms with van der Waals surface area (Å²) in [5.41, 5.74) is 1.12. The molecule has 1 unspecified atom stereocenters. The fourth-order valence-electron chi connectivity index (χ4n) is 1.17. The summed E-state index contributed by atoms with van der Waals surface area (Å²) < 4.78 is 27.7. The first-order valence-electron chi connectivity index (χ1n) is 3.87. The molecule has 5 nitrogen and oxygen atoms in total. The Morgan fingerprint density at radius 3 is 2.54 bits per heavy atom. The number of rotatable bonds is 3. The third-order valence-electron chi connectivity index (χ3n) is 1.71. The van der Waals surface area contributed by atoms with Crippen LogP contribution < -0.4 is 4.31 Å². The first-order chi connectivity index (χ1) is 6.07. The second-order valence-electron chi connectivity index (χ2n) is 2.58. The molecule has 0 amide bonds. The van der Waals surface area contributed by atoms with Gasteiger partial charge in [0.15, 0.2) is 5.76 Å². The monoisotopic (exact) mass is 203 g/mol. The molecule has 1 aromatic heterocycles. The summed E-state index contributed by atoms with van der Waals surface area (Å²) in [4.78, 5) is 0. The van der Waals surface area contributed by atoms with E-state index in [9.17, 15) is 8.76 Å². The lowest BCUT2D eigenvalue weighted by Gasteiger charge is -2.23. The molecule has 0 aromatic carbocycles. The van der Waals surface area contributed by atoms with Crippen molar-refractivity contribution in [3.05, 3.63) is 11.5 Å². The van der Waals surface area contributed by atoms with Gasteiger partial charge in [0.1, 0.15) is 11.4 Å². The van der Waals surface area contributed by atoms with E-state index < -0.39 is 11.3 Å². The average molecular weight is 203 g/mol. The number of aromatic nitrogens is 1. The average Bonchev–Trinajstić information content (AvgIpc) is 2.36.